The lowest BCUT2D eigenvalue weighted by Crippen LogP contribution is -2.29. The summed E-state index contributed by atoms with van der Waals surface area (Å²) in [5.41, 5.74) is 8.80. The van der Waals surface area contributed by atoms with Crippen molar-refractivity contribution in [2.24, 2.45) is 5.73 Å². The van der Waals surface area contributed by atoms with Crippen LogP contribution >= 0.6 is 11.6 Å². The second-order valence-corrected chi connectivity index (χ2v) is 4.79. The highest BCUT2D eigenvalue weighted by molar-refractivity contribution is 6.30. The molecule has 1 aromatic rings. The summed E-state index contributed by atoms with van der Waals surface area (Å²) in [4.78, 5) is 13.6. The van der Waals surface area contributed by atoms with Gasteiger partial charge in [-0.2, -0.15) is 0 Å². The zero-order valence-corrected chi connectivity index (χ0v) is 10.2. The van der Waals surface area contributed by atoms with Gasteiger partial charge in [0.2, 0.25) is 5.91 Å². The minimum atomic E-state index is -0.0537. The minimum absolute atomic E-state index is 0.0537. The fourth-order valence-electron chi connectivity index (χ4n) is 2.28. The van der Waals surface area contributed by atoms with Gasteiger partial charge in [0.1, 0.15) is 0 Å². The number of hydrogen-bond acceptors (Lipinski definition) is 2. The highest BCUT2D eigenvalue weighted by atomic mass is 35.5. The average Bonchev–Trinajstić information content (AvgIpc) is 2.43. The molecule has 1 aromatic carbocycles. The zero-order valence-electron chi connectivity index (χ0n) is 9.46. The predicted octanol–water partition coefficient (Wildman–Crippen LogP) is 2.02. The first-order chi connectivity index (χ1) is 7.49. The van der Waals surface area contributed by atoms with Gasteiger partial charge in [0, 0.05) is 29.7 Å². The first-order valence-corrected chi connectivity index (χ1v) is 5.69. The van der Waals surface area contributed by atoms with E-state index in [2.05, 4.69) is 0 Å². The molecule has 0 aromatic heterocycles. The summed E-state index contributed by atoms with van der Waals surface area (Å²) < 4.78 is 0. The van der Waals surface area contributed by atoms with Gasteiger partial charge >= 0.3 is 0 Å². The summed E-state index contributed by atoms with van der Waals surface area (Å²) in [6, 6.07) is 3.70. The number of nitrogens with zero attached hydrogens (tertiary/aromatic N) is 1. The van der Waals surface area contributed by atoms with Crippen LogP contribution in [-0.2, 0) is 4.79 Å². The van der Waals surface area contributed by atoms with Crippen LogP contribution in [0.25, 0.3) is 0 Å². The molecule has 1 aliphatic rings. The molecule has 1 aliphatic heterocycles. The Balaban J connectivity index is 2.44. The van der Waals surface area contributed by atoms with E-state index in [4.69, 9.17) is 17.3 Å². The molecular weight excluding hydrogens is 224 g/mol. The van der Waals surface area contributed by atoms with E-state index in [9.17, 15) is 4.79 Å². The number of rotatable bonds is 1. The van der Waals surface area contributed by atoms with Crippen molar-refractivity contribution in [1.82, 2.24) is 0 Å². The smallest absolute Gasteiger partial charge is 0.228 e. The van der Waals surface area contributed by atoms with Crippen LogP contribution < -0.4 is 10.6 Å². The van der Waals surface area contributed by atoms with E-state index < -0.39 is 0 Å². The molecule has 4 heteroatoms. The van der Waals surface area contributed by atoms with Crippen LogP contribution in [0.3, 0.4) is 0 Å². The van der Waals surface area contributed by atoms with Gasteiger partial charge in [-0.15, -0.1) is 0 Å². The van der Waals surface area contributed by atoms with Crippen LogP contribution in [0.15, 0.2) is 12.1 Å². The number of nitrogens with two attached hydrogens (primary N) is 1. The normalized spacial score (nSPS) is 20.6. The molecular formula is C12H15ClN2O. The Morgan fingerprint density at radius 1 is 1.38 bits per heavy atom. The Hall–Kier alpha value is -1.06. The highest BCUT2D eigenvalue weighted by Gasteiger charge is 2.29. The summed E-state index contributed by atoms with van der Waals surface area (Å²) >= 11 is 5.97. The number of aryl methyl sites for hydroxylation is 2. The molecule has 0 saturated carbocycles. The Morgan fingerprint density at radius 2 is 1.94 bits per heavy atom. The quantitative estimate of drug-likeness (QED) is 0.814. The van der Waals surface area contributed by atoms with Crippen molar-refractivity contribution in [3.8, 4) is 0 Å². The van der Waals surface area contributed by atoms with Crippen molar-refractivity contribution >= 4 is 23.2 Å². The van der Waals surface area contributed by atoms with Gasteiger partial charge in [0.25, 0.3) is 0 Å². The molecule has 0 aliphatic carbocycles. The maximum atomic E-state index is 11.8. The lowest BCUT2D eigenvalue weighted by molar-refractivity contribution is -0.117. The molecule has 16 heavy (non-hydrogen) atoms. The second-order valence-electron chi connectivity index (χ2n) is 4.36. The van der Waals surface area contributed by atoms with E-state index >= 15 is 0 Å². The third-order valence-corrected chi connectivity index (χ3v) is 3.10. The van der Waals surface area contributed by atoms with E-state index in [-0.39, 0.29) is 11.9 Å². The summed E-state index contributed by atoms with van der Waals surface area (Å²) in [6.07, 6.45) is 0.432. The first kappa shape index (κ1) is 11.4. The van der Waals surface area contributed by atoms with Crippen molar-refractivity contribution in [1.29, 1.82) is 0 Å². The van der Waals surface area contributed by atoms with E-state index in [0.717, 1.165) is 16.8 Å². The predicted molar refractivity (Wildman–Crippen MR) is 65.9 cm³/mol. The maximum absolute atomic E-state index is 11.8. The van der Waals surface area contributed by atoms with Crippen LogP contribution in [0.1, 0.15) is 17.5 Å². The summed E-state index contributed by atoms with van der Waals surface area (Å²) in [5, 5.41) is 0.703. The molecule has 1 unspecified atom stereocenters. The molecule has 86 valence electrons. The number of carbonyl (C=O) groups is 1. The van der Waals surface area contributed by atoms with Crippen LogP contribution in [0.4, 0.5) is 5.69 Å². The van der Waals surface area contributed by atoms with Crippen LogP contribution in [0.2, 0.25) is 5.02 Å². The minimum Gasteiger partial charge on any atom is -0.326 e. The molecule has 2 N–H and O–H groups in total. The van der Waals surface area contributed by atoms with Crippen molar-refractivity contribution in [2.45, 2.75) is 26.3 Å². The van der Waals surface area contributed by atoms with Crippen LogP contribution in [0.5, 0.6) is 0 Å². The van der Waals surface area contributed by atoms with Gasteiger partial charge in [0.05, 0.1) is 0 Å². The molecule has 3 nitrogen and oxygen atoms in total. The number of hydrogen-bond donors (Lipinski definition) is 1. The summed E-state index contributed by atoms with van der Waals surface area (Å²) in [5.74, 6) is 0.0982. The van der Waals surface area contributed by atoms with Crippen molar-refractivity contribution < 1.29 is 4.79 Å². The van der Waals surface area contributed by atoms with E-state index in [1.165, 1.54) is 0 Å². The van der Waals surface area contributed by atoms with Crippen LogP contribution in [0, 0.1) is 13.8 Å². The Morgan fingerprint density at radius 3 is 2.38 bits per heavy atom. The Kier molecular flexibility index (Phi) is 2.91. The molecule has 0 bridgehead atoms. The SMILES string of the molecule is Cc1cc(Cl)cc(C)c1N1CC(N)CC1=O. The topological polar surface area (TPSA) is 46.3 Å². The highest BCUT2D eigenvalue weighted by Crippen LogP contribution is 2.31. The third-order valence-electron chi connectivity index (χ3n) is 2.88. The largest absolute Gasteiger partial charge is 0.326 e. The van der Waals surface area contributed by atoms with Gasteiger partial charge in [0.15, 0.2) is 0 Å². The second kappa shape index (κ2) is 4.07. The van der Waals surface area contributed by atoms with E-state index in [1.807, 2.05) is 26.0 Å². The molecule has 0 radical (unpaired) electrons. The maximum Gasteiger partial charge on any atom is 0.228 e. The summed E-state index contributed by atoms with van der Waals surface area (Å²) in [7, 11) is 0. The number of carbonyl (C=O) groups excluding carboxylic acids is 1. The number of halogens is 1. The van der Waals surface area contributed by atoms with Crippen LogP contribution in [-0.4, -0.2) is 18.5 Å². The number of benzene rings is 1. The van der Waals surface area contributed by atoms with Gasteiger partial charge in [-0.05, 0) is 37.1 Å². The monoisotopic (exact) mass is 238 g/mol. The number of anilines is 1. The molecule has 1 heterocycles. The third kappa shape index (κ3) is 1.93. The first-order valence-electron chi connectivity index (χ1n) is 5.31. The molecule has 1 saturated heterocycles. The zero-order chi connectivity index (χ0) is 11.9. The van der Waals surface area contributed by atoms with Gasteiger partial charge in [-0.1, -0.05) is 11.6 Å². The summed E-state index contributed by atoms with van der Waals surface area (Å²) in [6.45, 7) is 4.53. The van der Waals surface area contributed by atoms with Gasteiger partial charge in [-0.25, -0.2) is 0 Å². The molecule has 1 fully saturated rings. The van der Waals surface area contributed by atoms with Crippen molar-refractivity contribution in [3.63, 3.8) is 0 Å². The van der Waals surface area contributed by atoms with Gasteiger partial charge in [-0.3, -0.25) is 4.79 Å². The van der Waals surface area contributed by atoms with Crippen molar-refractivity contribution in [2.75, 3.05) is 11.4 Å². The molecule has 1 atom stereocenters. The molecule has 1 amide bonds. The van der Waals surface area contributed by atoms with Gasteiger partial charge < -0.3 is 10.6 Å². The lowest BCUT2D eigenvalue weighted by atomic mass is 10.1. The Labute approximate surface area is 100 Å². The number of amides is 1. The standard InChI is InChI=1S/C12H15ClN2O/c1-7-3-9(13)4-8(2)12(7)15-6-10(14)5-11(15)16/h3-4,10H,5-6,14H2,1-2H3. The molecule has 2 rings (SSSR count). The van der Waals surface area contributed by atoms with E-state index in [1.54, 1.807) is 4.90 Å². The van der Waals surface area contributed by atoms with Crippen molar-refractivity contribution in [3.05, 3.63) is 28.3 Å². The Bertz CT molecular complexity index is 422. The average molecular weight is 239 g/mol. The van der Waals surface area contributed by atoms with E-state index in [0.29, 0.717) is 18.0 Å². The molecule has 0 spiro atoms. The fourth-order valence-corrected chi connectivity index (χ4v) is 2.61. The fraction of sp³-hybridized carbons (Fsp3) is 0.417. The lowest BCUT2D eigenvalue weighted by Gasteiger charge is -2.21.